The predicted molar refractivity (Wildman–Crippen MR) is 99.7 cm³/mol. The number of benzene rings is 1. The monoisotopic (exact) mass is 452 g/mol. The predicted octanol–water partition coefficient (Wildman–Crippen LogP) is 3.76. The fourth-order valence-electron chi connectivity index (χ4n) is 1.65. The maximum absolute atomic E-state index is 11.8. The quantitative estimate of drug-likeness (QED) is 0.667. The Labute approximate surface area is 150 Å². The van der Waals surface area contributed by atoms with Gasteiger partial charge in [0.2, 0.25) is 0 Å². The minimum Gasteiger partial charge on any atom is -0.444 e. The Morgan fingerprint density at radius 1 is 1.39 bits per heavy atom. The SMILES string of the molecule is C=CS(=O)(=O)Nc1ccc([C@@H](C)NC(=O)OC(C)(C)C)cc1I. The summed E-state index contributed by atoms with van der Waals surface area (Å²) in [7, 11) is -3.55. The van der Waals surface area contributed by atoms with E-state index >= 15 is 0 Å². The second kappa shape index (κ2) is 7.52. The summed E-state index contributed by atoms with van der Waals surface area (Å²) in [6, 6.07) is 4.91. The molecule has 1 atom stereocenters. The number of carbonyl (C=O) groups excluding carboxylic acids is 1. The molecule has 0 bridgehead atoms. The first-order valence-electron chi connectivity index (χ1n) is 6.88. The molecule has 128 valence electrons. The van der Waals surface area contributed by atoms with Crippen molar-refractivity contribution in [1.82, 2.24) is 5.32 Å². The van der Waals surface area contributed by atoms with Crippen molar-refractivity contribution in [2.24, 2.45) is 0 Å². The lowest BCUT2D eigenvalue weighted by Crippen LogP contribution is -2.34. The fraction of sp³-hybridized carbons (Fsp3) is 0.400. The van der Waals surface area contributed by atoms with E-state index in [4.69, 9.17) is 4.74 Å². The molecule has 0 radical (unpaired) electrons. The van der Waals surface area contributed by atoms with Crippen molar-refractivity contribution in [2.45, 2.75) is 39.3 Å². The molecular weight excluding hydrogens is 431 g/mol. The fourth-order valence-corrected chi connectivity index (χ4v) is 3.07. The average Bonchev–Trinajstić information content (AvgIpc) is 2.38. The van der Waals surface area contributed by atoms with Crippen molar-refractivity contribution in [3.8, 4) is 0 Å². The van der Waals surface area contributed by atoms with Crippen LogP contribution in [-0.2, 0) is 14.8 Å². The summed E-state index contributed by atoms with van der Waals surface area (Å²) in [5.41, 5.74) is 0.728. The van der Waals surface area contributed by atoms with Gasteiger partial charge in [0.25, 0.3) is 10.0 Å². The third-order valence-electron chi connectivity index (χ3n) is 2.70. The van der Waals surface area contributed by atoms with Gasteiger partial charge in [0.1, 0.15) is 5.60 Å². The summed E-state index contributed by atoms with van der Waals surface area (Å²) in [6.07, 6.45) is -0.503. The molecule has 2 N–H and O–H groups in total. The molecule has 0 aliphatic carbocycles. The largest absolute Gasteiger partial charge is 0.444 e. The summed E-state index contributed by atoms with van der Waals surface area (Å²) >= 11 is 2.03. The molecule has 0 aliphatic rings. The van der Waals surface area contributed by atoms with E-state index < -0.39 is 21.7 Å². The number of anilines is 1. The molecule has 1 aromatic carbocycles. The first kappa shape index (κ1) is 19.8. The zero-order valence-corrected chi connectivity index (χ0v) is 16.5. The van der Waals surface area contributed by atoms with Gasteiger partial charge in [0.05, 0.1) is 11.7 Å². The molecule has 1 aromatic rings. The lowest BCUT2D eigenvalue weighted by molar-refractivity contribution is 0.0508. The van der Waals surface area contributed by atoms with Gasteiger partial charge in [0.15, 0.2) is 0 Å². The zero-order valence-electron chi connectivity index (χ0n) is 13.5. The van der Waals surface area contributed by atoms with Crippen LogP contribution in [0.3, 0.4) is 0 Å². The van der Waals surface area contributed by atoms with Gasteiger partial charge in [-0.15, -0.1) is 0 Å². The highest BCUT2D eigenvalue weighted by Crippen LogP contribution is 2.24. The number of carbonyl (C=O) groups is 1. The van der Waals surface area contributed by atoms with Crippen LogP contribution < -0.4 is 10.0 Å². The van der Waals surface area contributed by atoms with Crippen molar-refractivity contribution in [3.63, 3.8) is 0 Å². The molecule has 0 unspecified atom stereocenters. The summed E-state index contributed by atoms with van der Waals surface area (Å²) in [6.45, 7) is 10.5. The number of alkyl carbamates (subject to hydrolysis) is 1. The Balaban J connectivity index is 2.84. The van der Waals surface area contributed by atoms with E-state index in [1.165, 1.54) is 0 Å². The van der Waals surface area contributed by atoms with Gasteiger partial charge in [-0.25, -0.2) is 13.2 Å². The summed E-state index contributed by atoms with van der Waals surface area (Å²) in [5, 5.41) is 3.59. The maximum atomic E-state index is 11.8. The molecular formula is C15H21IN2O4S. The topological polar surface area (TPSA) is 84.5 Å². The standard InChI is InChI=1S/C15H21IN2O4S/c1-6-23(20,21)18-13-8-7-11(9-12(13)16)10(2)17-14(19)22-15(3,4)5/h6-10,18H,1H2,2-5H3,(H,17,19)/t10-/m1/s1. The molecule has 23 heavy (non-hydrogen) atoms. The van der Waals surface area contributed by atoms with Crippen LogP contribution in [0.1, 0.15) is 39.3 Å². The van der Waals surface area contributed by atoms with Crippen molar-refractivity contribution in [2.75, 3.05) is 4.72 Å². The summed E-state index contributed by atoms with van der Waals surface area (Å²) < 4.78 is 31.4. The molecule has 0 aromatic heterocycles. The van der Waals surface area contributed by atoms with E-state index in [2.05, 4.69) is 16.6 Å². The zero-order chi connectivity index (χ0) is 17.8. The van der Waals surface area contributed by atoms with Gasteiger partial charge < -0.3 is 10.1 Å². The van der Waals surface area contributed by atoms with Crippen LogP contribution in [0.25, 0.3) is 0 Å². The van der Waals surface area contributed by atoms with Gasteiger partial charge in [0, 0.05) is 8.98 Å². The molecule has 0 aliphatic heterocycles. The first-order valence-corrected chi connectivity index (χ1v) is 9.50. The molecule has 1 amide bonds. The van der Waals surface area contributed by atoms with E-state index in [0.717, 1.165) is 11.0 Å². The molecule has 0 heterocycles. The Morgan fingerprint density at radius 2 is 2.00 bits per heavy atom. The van der Waals surface area contributed by atoms with Crippen molar-refractivity contribution in [3.05, 3.63) is 39.3 Å². The van der Waals surface area contributed by atoms with Crippen molar-refractivity contribution < 1.29 is 17.9 Å². The number of sulfonamides is 1. The van der Waals surface area contributed by atoms with Gasteiger partial charge in [-0.1, -0.05) is 12.6 Å². The van der Waals surface area contributed by atoms with E-state index in [0.29, 0.717) is 9.26 Å². The van der Waals surface area contributed by atoms with Gasteiger partial charge in [-0.2, -0.15) is 0 Å². The third-order valence-corrected chi connectivity index (χ3v) is 4.53. The van der Waals surface area contributed by atoms with Crippen LogP contribution in [0.4, 0.5) is 10.5 Å². The average molecular weight is 452 g/mol. The number of rotatable bonds is 5. The molecule has 8 heteroatoms. The molecule has 0 spiro atoms. The number of hydrogen-bond donors (Lipinski definition) is 2. The van der Waals surface area contributed by atoms with Crippen molar-refractivity contribution >= 4 is 44.4 Å². The lowest BCUT2D eigenvalue weighted by atomic mass is 10.1. The molecule has 0 saturated carbocycles. The first-order chi connectivity index (χ1) is 10.4. The second-order valence-corrected chi connectivity index (χ2v) is 8.71. The molecule has 6 nitrogen and oxygen atoms in total. The maximum Gasteiger partial charge on any atom is 0.408 e. The minimum absolute atomic E-state index is 0.275. The van der Waals surface area contributed by atoms with E-state index in [1.807, 2.05) is 29.5 Å². The Hall–Kier alpha value is -1.29. The highest BCUT2D eigenvalue weighted by molar-refractivity contribution is 14.1. The number of amides is 1. The second-order valence-electron chi connectivity index (χ2n) is 5.92. The number of ether oxygens (including phenoxy) is 1. The van der Waals surface area contributed by atoms with Gasteiger partial charge >= 0.3 is 6.09 Å². The Morgan fingerprint density at radius 3 is 2.48 bits per heavy atom. The Kier molecular flexibility index (Phi) is 6.46. The van der Waals surface area contributed by atoms with Gasteiger partial charge in [-0.05, 0) is 68.0 Å². The third kappa shape index (κ3) is 6.78. The summed E-state index contributed by atoms with van der Waals surface area (Å²) in [4.78, 5) is 11.8. The smallest absolute Gasteiger partial charge is 0.408 e. The minimum atomic E-state index is -3.55. The van der Waals surface area contributed by atoms with Crippen LogP contribution in [0.5, 0.6) is 0 Å². The van der Waals surface area contributed by atoms with Crippen LogP contribution in [0.2, 0.25) is 0 Å². The molecule has 1 rings (SSSR count). The van der Waals surface area contributed by atoms with Crippen LogP contribution >= 0.6 is 22.6 Å². The highest BCUT2D eigenvalue weighted by Gasteiger charge is 2.19. The highest BCUT2D eigenvalue weighted by atomic mass is 127. The van der Waals surface area contributed by atoms with E-state index in [1.54, 1.807) is 39.0 Å². The van der Waals surface area contributed by atoms with Gasteiger partial charge in [-0.3, -0.25) is 4.72 Å². The van der Waals surface area contributed by atoms with Crippen LogP contribution in [0, 0.1) is 3.57 Å². The van der Waals surface area contributed by atoms with Crippen LogP contribution in [-0.4, -0.2) is 20.1 Å². The van der Waals surface area contributed by atoms with Crippen LogP contribution in [0.15, 0.2) is 30.2 Å². The lowest BCUT2D eigenvalue weighted by Gasteiger charge is -2.22. The Bertz CT molecular complexity index is 696. The molecule has 0 fully saturated rings. The summed E-state index contributed by atoms with van der Waals surface area (Å²) in [5.74, 6) is 0. The molecule has 0 saturated heterocycles. The normalized spacial score (nSPS) is 13.1. The van der Waals surface area contributed by atoms with E-state index in [-0.39, 0.29) is 6.04 Å². The number of hydrogen-bond acceptors (Lipinski definition) is 4. The number of halogens is 1. The van der Waals surface area contributed by atoms with E-state index in [9.17, 15) is 13.2 Å². The van der Waals surface area contributed by atoms with Crippen molar-refractivity contribution in [1.29, 1.82) is 0 Å². The number of nitrogens with one attached hydrogen (secondary N) is 2.